The van der Waals surface area contributed by atoms with Crippen LogP contribution in [0.4, 0.5) is 0 Å². The van der Waals surface area contributed by atoms with Gasteiger partial charge in [-0.15, -0.1) is 0 Å². The molecule has 6 nitrogen and oxygen atoms in total. The summed E-state index contributed by atoms with van der Waals surface area (Å²) >= 11 is 0. The quantitative estimate of drug-likeness (QED) is 0.290. The largest absolute Gasteiger partial charge is 0.394 e. The molecule has 5 atom stereocenters. The fourth-order valence-corrected chi connectivity index (χ4v) is 1.08. The first-order valence-corrected chi connectivity index (χ1v) is 3.56. The van der Waals surface area contributed by atoms with Crippen LogP contribution in [0.15, 0.2) is 0 Å². The van der Waals surface area contributed by atoms with Crippen LogP contribution in [0, 0.1) is 0 Å². The second-order valence-electron chi connectivity index (χ2n) is 2.72. The lowest BCUT2D eigenvalue weighted by molar-refractivity contribution is -0.286. The molecule has 1 rings (SSSR count). The summed E-state index contributed by atoms with van der Waals surface area (Å²) in [6.07, 6.45) is -7.04. The van der Waals surface area contributed by atoms with Crippen LogP contribution in [0.1, 0.15) is 0 Å². The number of aliphatic hydroxyl groups is 5. The highest BCUT2D eigenvalue weighted by Crippen LogP contribution is 2.18. The Balaban J connectivity index is 2.63. The molecule has 0 saturated carbocycles. The van der Waals surface area contributed by atoms with Gasteiger partial charge < -0.3 is 30.3 Å². The second-order valence-corrected chi connectivity index (χ2v) is 2.72. The van der Waals surface area contributed by atoms with Crippen molar-refractivity contribution >= 4 is 0 Å². The molecule has 0 spiro atoms. The summed E-state index contributed by atoms with van der Waals surface area (Å²) in [6, 6.07) is 0. The first-order valence-electron chi connectivity index (χ1n) is 3.56. The Morgan fingerprint density at radius 2 is 1.50 bits per heavy atom. The third-order valence-corrected chi connectivity index (χ3v) is 1.87. The van der Waals surface area contributed by atoms with Gasteiger partial charge in [0.05, 0.1) is 6.61 Å². The number of hydrogen-bond acceptors (Lipinski definition) is 6. The summed E-state index contributed by atoms with van der Waals surface area (Å²) in [4.78, 5) is 0. The zero-order chi connectivity index (χ0) is 9.30. The second kappa shape index (κ2) is 3.65. The van der Waals surface area contributed by atoms with Gasteiger partial charge in [0.25, 0.3) is 0 Å². The summed E-state index contributed by atoms with van der Waals surface area (Å²) in [5.74, 6) is 0. The van der Waals surface area contributed by atoms with Crippen molar-refractivity contribution in [2.45, 2.75) is 30.7 Å². The molecule has 6 heteroatoms. The molecule has 0 aromatic heterocycles. The third-order valence-electron chi connectivity index (χ3n) is 1.87. The number of ether oxygens (including phenoxy) is 1. The number of aliphatic hydroxyl groups excluding tert-OH is 5. The van der Waals surface area contributed by atoms with Crippen LogP contribution in [0.25, 0.3) is 0 Å². The molecule has 1 aliphatic heterocycles. The molecule has 0 aliphatic carbocycles. The van der Waals surface area contributed by atoms with Gasteiger partial charge in [-0.25, -0.2) is 0 Å². The van der Waals surface area contributed by atoms with Crippen molar-refractivity contribution in [3.05, 3.63) is 0 Å². The summed E-state index contributed by atoms with van der Waals surface area (Å²) < 4.78 is 4.58. The monoisotopic (exact) mass is 180 g/mol. The van der Waals surface area contributed by atoms with Crippen molar-refractivity contribution in [3.63, 3.8) is 0 Å². The van der Waals surface area contributed by atoms with E-state index >= 15 is 0 Å². The van der Waals surface area contributed by atoms with Crippen LogP contribution < -0.4 is 0 Å². The summed E-state index contributed by atoms with van der Waals surface area (Å²) in [5, 5.41) is 44.7. The predicted octanol–water partition coefficient (Wildman–Crippen LogP) is -3.22. The van der Waals surface area contributed by atoms with E-state index in [0.717, 1.165) is 0 Å². The van der Waals surface area contributed by atoms with Crippen molar-refractivity contribution in [1.29, 1.82) is 0 Å². The summed E-state index contributed by atoms with van der Waals surface area (Å²) in [6.45, 7) is -0.526. The van der Waals surface area contributed by atoms with Crippen molar-refractivity contribution in [2.24, 2.45) is 0 Å². The Morgan fingerprint density at radius 3 is 2.00 bits per heavy atom. The molecule has 1 fully saturated rings. The van der Waals surface area contributed by atoms with Crippen LogP contribution in [0.5, 0.6) is 0 Å². The molecule has 1 heterocycles. The Morgan fingerprint density at radius 1 is 0.917 bits per heavy atom. The van der Waals surface area contributed by atoms with Gasteiger partial charge in [0, 0.05) is 0 Å². The van der Waals surface area contributed by atoms with Crippen LogP contribution in [-0.2, 0) is 4.74 Å². The normalized spacial score (nSPS) is 49.2. The van der Waals surface area contributed by atoms with Crippen LogP contribution in [-0.4, -0.2) is 62.8 Å². The molecule has 0 aromatic rings. The van der Waals surface area contributed by atoms with E-state index in [1.165, 1.54) is 0 Å². The lowest BCUT2D eigenvalue weighted by Gasteiger charge is -2.37. The first-order chi connectivity index (χ1) is 5.57. The highest BCUT2D eigenvalue weighted by molar-refractivity contribution is 4.87. The molecule has 0 bridgehead atoms. The van der Waals surface area contributed by atoms with Crippen LogP contribution in [0.2, 0.25) is 0 Å². The molecular weight excluding hydrogens is 168 g/mol. The molecule has 0 amide bonds. The average Bonchev–Trinajstić information content (AvgIpc) is 2.08. The Labute approximate surface area is 68.6 Å². The molecule has 12 heavy (non-hydrogen) atoms. The molecule has 3 unspecified atom stereocenters. The van der Waals surface area contributed by atoms with Gasteiger partial charge in [0.15, 0.2) is 6.29 Å². The molecule has 72 valence electrons. The SMILES string of the molecule is OCC1OC(O)C(O)[C@@H](O)[C@H]1O. The van der Waals surface area contributed by atoms with Gasteiger partial charge in [-0.3, -0.25) is 0 Å². The van der Waals surface area contributed by atoms with Crippen molar-refractivity contribution in [1.82, 2.24) is 0 Å². The minimum absolute atomic E-state index is 0.526. The lowest BCUT2D eigenvalue weighted by atomic mass is 10.00. The van der Waals surface area contributed by atoms with E-state index < -0.39 is 37.3 Å². The van der Waals surface area contributed by atoms with E-state index in [1.807, 2.05) is 0 Å². The van der Waals surface area contributed by atoms with Gasteiger partial charge in [0.2, 0.25) is 0 Å². The minimum atomic E-state index is -1.57. The number of hydrogen-bond donors (Lipinski definition) is 5. The maximum atomic E-state index is 9.12. The van der Waals surface area contributed by atoms with Crippen LogP contribution >= 0.6 is 0 Å². The van der Waals surface area contributed by atoms with Crippen molar-refractivity contribution in [3.8, 4) is 0 Å². The van der Waals surface area contributed by atoms with E-state index in [0.29, 0.717) is 0 Å². The molecule has 0 aromatic carbocycles. The van der Waals surface area contributed by atoms with Gasteiger partial charge in [-0.05, 0) is 0 Å². The topological polar surface area (TPSA) is 110 Å². The van der Waals surface area contributed by atoms with Crippen LogP contribution in [0.3, 0.4) is 0 Å². The van der Waals surface area contributed by atoms with E-state index in [1.54, 1.807) is 0 Å². The summed E-state index contributed by atoms with van der Waals surface area (Å²) in [5.41, 5.74) is 0. The number of rotatable bonds is 1. The van der Waals surface area contributed by atoms with Gasteiger partial charge in [0.1, 0.15) is 24.4 Å². The molecule has 0 radical (unpaired) electrons. The maximum Gasteiger partial charge on any atom is 0.184 e. The minimum Gasteiger partial charge on any atom is -0.394 e. The maximum absolute atomic E-state index is 9.12. The third kappa shape index (κ3) is 1.58. The first kappa shape index (κ1) is 9.85. The van der Waals surface area contributed by atoms with Crippen molar-refractivity contribution < 1.29 is 30.3 Å². The molecule has 1 saturated heterocycles. The zero-order valence-corrected chi connectivity index (χ0v) is 6.24. The van der Waals surface area contributed by atoms with E-state index in [4.69, 9.17) is 25.5 Å². The molecular formula is C6H12O6. The fraction of sp³-hybridized carbons (Fsp3) is 1.00. The standard InChI is InChI=1S/C6H12O6/c7-1-2-3(8)4(9)5(10)6(11)12-2/h2-11H,1H2/t2?,3-,4-,5?,6?/m0/s1. The molecule has 5 N–H and O–H groups in total. The van der Waals surface area contributed by atoms with Crippen molar-refractivity contribution in [2.75, 3.05) is 6.61 Å². The Kier molecular flexibility index (Phi) is 2.99. The summed E-state index contributed by atoms with van der Waals surface area (Å²) in [7, 11) is 0. The van der Waals surface area contributed by atoms with E-state index in [9.17, 15) is 0 Å². The predicted molar refractivity (Wildman–Crippen MR) is 36.0 cm³/mol. The Hall–Kier alpha value is -0.240. The van der Waals surface area contributed by atoms with E-state index in [-0.39, 0.29) is 0 Å². The zero-order valence-electron chi connectivity index (χ0n) is 6.24. The van der Waals surface area contributed by atoms with Gasteiger partial charge >= 0.3 is 0 Å². The lowest BCUT2D eigenvalue weighted by Crippen LogP contribution is -2.58. The smallest absolute Gasteiger partial charge is 0.184 e. The highest BCUT2D eigenvalue weighted by atomic mass is 16.6. The van der Waals surface area contributed by atoms with Gasteiger partial charge in [-0.2, -0.15) is 0 Å². The van der Waals surface area contributed by atoms with Gasteiger partial charge in [-0.1, -0.05) is 0 Å². The highest BCUT2D eigenvalue weighted by Gasteiger charge is 2.42. The average molecular weight is 180 g/mol. The molecule has 1 aliphatic rings. The van der Waals surface area contributed by atoms with E-state index in [2.05, 4.69) is 4.74 Å². The fourth-order valence-electron chi connectivity index (χ4n) is 1.08. The Bertz CT molecular complexity index is 146.